The van der Waals surface area contributed by atoms with Crippen molar-refractivity contribution in [3.8, 4) is 11.5 Å². The van der Waals surface area contributed by atoms with E-state index >= 15 is 0 Å². The van der Waals surface area contributed by atoms with Gasteiger partial charge in [0.25, 0.3) is 5.91 Å². The average Bonchev–Trinajstić information content (AvgIpc) is 2.46. The zero-order chi connectivity index (χ0) is 17.5. The summed E-state index contributed by atoms with van der Waals surface area (Å²) in [4.78, 5) is 12.2. The summed E-state index contributed by atoms with van der Waals surface area (Å²) >= 11 is 0. The van der Waals surface area contributed by atoms with Crippen LogP contribution in [0.1, 0.15) is 12.5 Å². The van der Waals surface area contributed by atoms with E-state index in [-0.39, 0.29) is 6.54 Å². The highest BCUT2D eigenvalue weighted by Gasteiger charge is 2.28. The van der Waals surface area contributed by atoms with E-state index in [4.69, 9.17) is 9.47 Å². The Labute approximate surface area is 133 Å². The van der Waals surface area contributed by atoms with E-state index in [1.165, 1.54) is 7.11 Å². The van der Waals surface area contributed by atoms with Crippen LogP contribution in [0.4, 0.5) is 13.2 Å². The second-order valence-electron chi connectivity index (χ2n) is 5.12. The summed E-state index contributed by atoms with van der Waals surface area (Å²) in [6.45, 7) is 1.49. The standard InChI is InChI=1S/C15H21F3N2O3/c1-4-23-12-6-5-11(7-13(12)22-3)8-20(2)9-14(21)19-10-15(16,17)18/h5-7H,4,8-10H2,1-3H3,(H,19,21)/p+1. The molecule has 130 valence electrons. The largest absolute Gasteiger partial charge is 0.493 e. The van der Waals surface area contributed by atoms with Crippen molar-refractivity contribution in [2.24, 2.45) is 0 Å². The van der Waals surface area contributed by atoms with Crippen LogP contribution in [0.2, 0.25) is 0 Å². The number of halogens is 3. The lowest BCUT2D eigenvalue weighted by Gasteiger charge is -2.16. The minimum atomic E-state index is -4.40. The van der Waals surface area contributed by atoms with Crippen LogP contribution in [0.15, 0.2) is 18.2 Å². The molecule has 0 aliphatic rings. The molecule has 0 spiro atoms. The molecule has 1 unspecified atom stereocenters. The van der Waals surface area contributed by atoms with Crippen molar-refractivity contribution in [2.75, 3.05) is 33.9 Å². The van der Waals surface area contributed by atoms with Crippen molar-refractivity contribution in [2.45, 2.75) is 19.6 Å². The fourth-order valence-electron chi connectivity index (χ4n) is 2.04. The summed E-state index contributed by atoms with van der Waals surface area (Å²) in [6, 6.07) is 5.40. The summed E-state index contributed by atoms with van der Waals surface area (Å²) in [7, 11) is 3.26. The van der Waals surface area contributed by atoms with Crippen LogP contribution in [0.25, 0.3) is 0 Å². The fraction of sp³-hybridized carbons (Fsp3) is 0.533. The third kappa shape index (κ3) is 7.23. The van der Waals surface area contributed by atoms with Gasteiger partial charge in [-0.2, -0.15) is 13.2 Å². The van der Waals surface area contributed by atoms with Gasteiger partial charge in [0.2, 0.25) is 0 Å². The molecule has 0 heterocycles. The normalized spacial score (nSPS) is 12.6. The summed E-state index contributed by atoms with van der Waals surface area (Å²) in [5.74, 6) is 0.565. The number of methoxy groups -OCH3 is 1. The van der Waals surface area contributed by atoms with E-state index < -0.39 is 18.6 Å². The number of nitrogens with one attached hydrogen (secondary N) is 2. The molecule has 23 heavy (non-hydrogen) atoms. The fourth-order valence-corrected chi connectivity index (χ4v) is 2.04. The lowest BCUT2D eigenvalue weighted by Crippen LogP contribution is -3.08. The molecule has 1 aromatic carbocycles. The number of carbonyl (C=O) groups excluding carboxylic acids is 1. The molecule has 1 rings (SSSR count). The van der Waals surface area contributed by atoms with Crippen LogP contribution in [-0.2, 0) is 11.3 Å². The molecule has 0 aliphatic heterocycles. The van der Waals surface area contributed by atoms with Crippen LogP contribution in [0, 0.1) is 0 Å². The van der Waals surface area contributed by atoms with Gasteiger partial charge in [-0.15, -0.1) is 0 Å². The first-order valence-corrected chi connectivity index (χ1v) is 7.19. The minimum Gasteiger partial charge on any atom is -0.493 e. The molecule has 0 saturated heterocycles. The molecule has 0 aliphatic carbocycles. The van der Waals surface area contributed by atoms with E-state index in [0.717, 1.165) is 10.5 Å². The molecule has 5 nitrogen and oxygen atoms in total. The van der Waals surface area contributed by atoms with E-state index in [2.05, 4.69) is 0 Å². The predicted octanol–water partition coefficient (Wildman–Crippen LogP) is 0.787. The SMILES string of the molecule is CCOc1ccc(C[NH+](C)CC(=O)NCC(F)(F)F)cc1OC. The zero-order valence-corrected chi connectivity index (χ0v) is 13.4. The number of alkyl halides is 3. The maximum atomic E-state index is 12.0. The Morgan fingerprint density at radius 3 is 2.57 bits per heavy atom. The number of likely N-dealkylation sites (N-methyl/N-ethyl adjacent to an activating group) is 1. The Bertz CT molecular complexity index is 521. The van der Waals surface area contributed by atoms with Crippen molar-refractivity contribution in [3.63, 3.8) is 0 Å². The number of carbonyl (C=O) groups is 1. The van der Waals surface area contributed by atoms with E-state index in [1.54, 1.807) is 19.2 Å². The number of hydrogen-bond acceptors (Lipinski definition) is 3. The summed E-state index contributed by atoms with van der Waals surface area (Å²) in [5, 5.41) is 1.86. The monoisotopic (exact) mass is 335 g/mol. The molecule has 0 bridgehead atoms. The van der Waals surface area contributed by atoms with Gasteiger partial charge in [-0.3, -0.25) is 4.79 Å². The highest BCUT2D eigenvalue weighted by atomic mass is 19.4. The van der Waals surface area contributed by atoms with Gasteiger partial charge in [-0.25, -0.2) is 0 Å². The second-order valence-corrected chi connectivity index (χ2v) is 5.12. The predicted molar refractivity (Wildman–Crippen MR) is 78.7 cm³/mol. The Morgan fingerprint density at radius 2 is 2.00 bits per heavy atom. The number of rotatable bonds is 8. The van der Waals surface area contributed by atoms with Crippen LogP contribution in [-0.4, -0.2) is 45.9 Å². The number of hydrogen-bond donors (Lipinski definition) is 2. The van der Waals surface area contributed by atoms with Gasteiger partial charge < -0.3 is 19.7 Å². The van der Waals surface area contributed by atoms with Crippen LogP contribution in [0.3, 0.4) is 0 Å². The van der Waals surface area contributed by atoms with E-state index in [1.807, 2.05) is 18.3 Å². The first kappa shape index (κ1) is 19.1. The number of amides is 1. The Kier molecular flexibility index (Phi) is 7.15. The van der Waals surface area contributed by atoms with Gasteiger partial charge in [-0.1, -0.05) is 0 Å². The first-order chi connectivity index (χ1) is 10.7. The molecule has 1 amide bonds. The maximum Gasteiger partial charge on any atom is 0.405 e. The molecule has 1 atom stereocenters. The molecular formula is C15H22F3N2O3+. The highest BCUT2D eigenvalue weighted by molar-refractivity contribution is 5.76. The molecular weight excluding hydrogens is 313 g/mol. The molecule has 2 N–H and O–H groups in total. The van der Waals surface area contributed by atoms with Gasteiger partial charge in [0, 0.05) is 5.56 Å². The second kappa shape index (κ2) is 8.61. The van der Waals surface area contributed by atoms with Crippen LogP contribution < -0.4 is 19.7 Å². The third-order valence-corrected chi connectivity index (χ3v) is 2.98. The van der Waals surface area contributed by atoms with Crippen molar-refractivity contribution in [3.05, 3.63) is 23.8 Å². The molecule has 0 fully saturated rings. The minimum absolute atomic E-state index is 0.0500. The van der Waals surface area contributed by atoms with Crippen LogP contribution in [0.5, 0.6) is 11.5 Å². The summed E-state index contributed by atoms with van der Waals surface area (Å²) in [6.07, 6.45) is -4.40. The smallest absolute Gasteiger partial charge is 0.405 e. The quantitative estimate of drug-likeness (QED) is 0.738. The highest BCUT2D eigenvalue weighted by Crippen LogP contribution is 2.27. The van der Waals surface area contributed by atoms with Crippen LogP contribution >= 0.6 is 0 Å². The van der Waals surface area contributed by atoms with Gasteiger partial charge in [0.05, 0.1) is 20.8 Å². The lowest BCUT2D eigenvalue weighted by molar-refractivity contribution is -0.885. The number of quaternary nitrogens is 1. The average molecular weight is 335 g/mol. The zero-order valence-electron chi connectivity index (χ0n) is 13.4. The Balaban J connectivity index is 2.56. The maximum absolute atomic E-state index is 12.0. The topological polar surface area (TPSA) is 52.0 Å². The van der Waals surface area contributed by atoms with Gasteiger partial charge in [-0.05, 0) is 25.1 Å². The molecule has 0 aromatic heterocycles. The van der Waals surface area contributed by atoms with E-state index in [9.17, 15) is 18.0 Å². The number of benzene rings is 1. The number of ether oxygens (including phenoxy) is 2. The molecule has 1 aromatic rings. The molecule has 0 saturated carbocycles. The van der Waals surface area contributed by atoms with Gasteiger partial charge >= 0.3 is 6.18 Å². The first-order valence-electron chi connectivity index (χ1n) is 7.19. The molecule has 0 radical (unpaired) electrons. The van der Waals surface area contributed by atoms with Gasteiger partial charge in [0.1, 0.15) is 13.1 Å². The third-order valence-electron chi connectivity index (χ3n) is 2.98. The van der Waals surface area contributed by atoms with E-state index in [0.29, 0.717) is 24.7 Å². The van der Waals surface area contributed by atoms with Gasteiger partial charge in [0.15, 0.2) is 18.0 Å². The summed E-state index contributed by atoms with van der Waals surface area (Å²) in [5.41, 5.74) is 0.895. The summed E-state index contributed by atoms with van der Waals surface area (Å²) < 4.78 is 46.8. The Hall–Kier alpha value is -1.96. The van der Waals surface area contributed by atoms with Crippen molar-refractivity contribution in [1.82, 2.24) is 5.32 Å². The Morgan fingerprint density at radius 1 is 1.30 bits per heavy atom. The lowest BCUT2D eigenvalue weighted by atomic mass is 10.2. The van der Waals surface area contributed by atoms with Crippen molar-refractivity contribution < 1.29 is 32.3 Å². The van der Waals surface area contributed by atoms with Crippen molar-refractivity contribution >= 4 is 5.91 Å². The molecule has 8 heteroatoms. The van der Waals surface area contributed by atoms with Crippen molar-refractivity contribution in [1.29, 1.82) is 0 Å².